The summed E-state index contributed by atoms with van der Waals surface area (Å²) < 4.78 is 38.0. The van der Waals surface area contributed by atoms with Gasteiger partial charge in [0.15, 0.2) is 0 Å². The molecule has 0 bridgehead atoms. The van der Waals surface area contributed by atoms with E-state index in [0.717, 1.165) is 0 Å². The third kappa shape index (κ3) is 2.68. The number of para-hydroxylation sites is 1. The zero-order valence-electron chi connectivity index (χ0n) is 7.42. The molecule has 0 spiro atoms. The van der Waals surface area contributed by atoms with Gasteiger partial charge in [0.25, 0.3) is 0 Å². The van der Waals surface area contributed by atoms with E-state index in [2.05, 4.69) is 20.7 Å². The van der Waals surface area contributed by atoms with Crippen molar-refractivity contribution in [3.8, 4) is 0 Å². The molecule has 1 rings (SSSR count). The van der Waals surface area contributed by atoms with Gasteiger partial charge in [-0.15, -0.1) is 0 Å². The molecule has 0 amide bonds. The van der Waals surface area contributed by atoms with E-state index in [9.17, 15) is 12.8 Å². The van der Waals surface area contributed by atoms with Gasteiger partial charge in [-0.2, -0.15) is 0 Å². The predicted octanol–water partition coefficient (Wildman–Crippen LogP) is 2.35. The van der Waals surface area contributed by atoms with Crippen molar-refractivity contribution in [3.05, 3.63) is 28.5 Å². The lowest BCUT2D eigenvalue weighted by Crippen LogP contribution is -2.15. The Labute approximate surface area is 90.5 Å². The maximum absolute atomic E-state index is 13.2. The fourth-order valence-electron chi connectivity index (χ4n) is 0.823. The third-order valence-electron chi connectivity index (χ3n) is 1.60. The molecule has 0 aliphatic rings. The van der Waals surface area contributed by atoms with Crippen molar-refractivity contribution in [1.29, 1.82) is 0 Å². The van der Waals surface area contributed by atoms with E-state index < -0.39 is 15.8 Å². The van der Waals surface area contributed by atoms with Gasteiger partial charge in [-0.05, 0) is 35.0 Å². The Morgan fingerprint density at radius 1 is 1.50 bits per heavy atom. The van der Waals surface area contributed by atoms with Gasteiger partial charge < -0.3 is 0 Å². The van der Waals surface area contributed by atoms with Crippen LogP contribution in [0.5, 0.6) is 0 Å². The number of hydrogen-bond acceptors (Lipinski definition) is 2. The number of benzene rings is 1. The predicted molar refractivity (Wildman–Crippen MR) is 57.2 cm³/mol. The van der Waals surface area contributed by atoms with Crippen molar-refractivity contribution < 1.29 is 12.8 Å². The molecule has 1 aromatic rings. The summed E-state index contributed by atoms with van der Waals surface area (Å²) in [5.41, 5.74) is -0.0469. The second-order valence-corrected chi connectivity index (χ2v) is 5.47. The van der Waals surface area contributed by atoms with E-state index in [0.29, 0.717) is 4.47 Å². The van der Waals surface area contributed by atoms with Gasteiger partial charge in [0.05, 0.1) is 11.4 Å². The lowest BCUT2D eigenvalue weighted by atomic mass is 10.3. The Morgan fingerprint density at radius 2 is 2.14 bits per heavy atom. The average molecular weight is 282 g/mol. The van der Waals surface area contributed by atoms with Crippen LogP contribution in [0.25, 0.3) is 0 Å². The zero-order chi connectivity index (χ0) is 10.8. The first-order chi connectivity index (χ1) is 6.46. The summed E-state index contributed by atoms with van der Waals surface area (Å²) in [7, 11) is -3.44. The van der Waals surface area contributed by atoms with Crippen LogP contribution in [0.3, 0.4) is 0 Å². The van der Waals surface area contributed by atoms with Crippen molar-refractivity contribution in [2.75, 3.05) is 10.5 Å². The smallest absolute Gasteiger partial charge is 0.232 e. The number of anilines is 1. The molecule has 0 aliphatic heterocycles. The van der Waals surface area contributed by atoms with Crippen molar-refractivity contribution in [3.63, 3.8) is 0 Å². The van der Waals surface area contributed by atoms with E-state index in [1.165, 1.54) is 19.1 Å². The second kappa shape index (κ2) is 4.27. The molecular weight excluding hydrogens is 273 g/mol. The number of hydrogen-bond donors (Lipinski definition) is 1. The highest BCUT2D eigenvalue weighted by molar-refractivity contribution is 9.10. The summed E-state index contributed by atoms with van der Waals surface area (Å²) in [6, 6.07) is 4.25. The number of rotatable bonds is 3. The minimum Gasteiger partial charge on any atom is -0.279 e. The van der Waals surface area contributed by atoms with Gasteiger partial charge in [-0.3, -0.25) is 4.72 Å². The Morgan fingerprint density at radius 3 is 2.64 bits per heavy atom. The van der Waals surface area contributed by atoms with E-state index in [4.69, 9.17) is 0 Å². The summed E-state index contributed by atoms with van der Waals surface area (Å²) in [6.45, 7) is 1.48. The Bertz CT molecular complexity index is 413. The molecular formula is C8H9BrFNO2S. The van der Waals surface area contributed by atoms with Crippen LogP contribution in [0.4, 0.5) is 10.1 Å². The molecule has 0 aliphatic carbocycles. The van der Waals surface area contributed by atoms with Crippen LogP contribution >= 0.6 is 15.9 Å². The summed E-state index contributed by atoms with van der Waals surface area (Å²) in [6.07, 6.45) is 0. The lowest BCUT2D eigenvalue weighted by molar-refractivity contribution is 0.599. The van der Waals surface area contributed by atoms with Gasteiger partial charge in [0.2, 0.25) is 10.0 Å². The molecule has 0 unspecified atom stereocenters. The van der Waals surface area contributed by atoms with Gasteiger partial charge in [-0.1, -0.05) is 6.07 Å². The maximum Gasteiger partial charge on any atom is 0.232 e. The fourth-order valence-corrected chi connectivity index (χ4v) is 2.06. The Balaban J connectivity index is 3.09. The molecule has 78 valence electrons. The fraction of sp³-hybridized carbons (Fsp3) is 0.250. The molecule has 1 N–H and O–H groups in total. The number of nitrogens with one attached hydrogen (secondary N) is 1. The molecule has 14 heavy (non-hydrogen) atoms. The highest BCUT2D eigenvalue weighted by Gasteiger charge is 2.12. The molecule has 0 aromatic heterocycles. The van der Waals surface area contributed by atoms with Crippen LogP contribution < -0.4 is 4.72 Å². The van der Waals surface area contributed by atoms with Gasteiger partial charge in [0.1, 0.15) is 5.82 Å². The SMILES string of the molecule is CCS(=O)(=O)Nc1c(F)cccc1Br. The molecule has 6 heteroatoms. The zero-order valence-corrected chi connectivity index (χ0v) is 9.82. The molecule has 0 saturated heterocycles. The monoisotopic (exact) mass is 281 g/mol. The molecule has 1 aromatic carbocycles. The summed E-state index contributed by atoms with van der Waals surface area (Å²) in [4.78, 5) is 0. The average Bonchev–Trinajstić information content (AvgIpc) is 2.12. The lowest BCUT2D eigenvalue weighted by Gasteiger charge is -2.08. The molecule has 0 heterocycles. The van der Waals surface area contributed by atoms with E-state index >= 15 is 0 Å². The van der Waals surface area contributed by atoms with Gasteiger partial charge in [0, 0.05) is 4.47 Å². The first-order valence-corrected chi connectivity index (χ1v) is 6.35. The van der Waals surface area contributed by atoms with Crippen LogP contribution in [0, 0.1) is 5.82 Å². The van der Waals surface area contributed by atoms with Crippen molar-refractivity contribution in [1.82, 2.24) is 0 Å². The Kier molecular flexibility index (Phi) is 3.49. The normalized spacial score (nSPS) is 11.4. The highest BCUT2D eigenvalue weighted by atomic mass is 79.9. The van der Waals surface area contributed by atoms with Crippen LogP contribution in [-0.4, -0.2) is 14.2 Å². The van der Waals surface area contributed by atoms with Crippen LogP contribution in [0.1, 0.15) is 6.92 Å². The van der Waals surface area contributed by atoms with Crippen molar-refractivity contribution in [2.45, 2.75) is 6.92 Å². The number of halogens is 2. The molecule has 0 saturated carbocycles. The first-order valence-electron chi connectivity index (χ1n) is 3.91. The van der Waals surface area contributed by atoms with Crippen LogP contribution in [-0.2, 0) is 10.0 Å². The van der Waals surface area contributed by atoms with Gasteiger partial charge >= 0.3 is 0 Å². The Hall–Kier alpha value is -0.620. The van der Waals surface area contributed by atoms with Crippen LogP contribution in [0.15, 0.2) is 22.7 Å². The topological polar surface area (TPSA) is 46.2 Å². The van der Waals surface area contributed by atoms with Gasteiger partial charge in [-0.25, -0.2) is 12.8 Å². The minimum absolute atomic E-state index is 0.0469. The minimum atomic E-state index is -3.44. The summed E-state index contributed by atoms with van der Waals surface area (Å²) in [5.74, 6) is -0.690. The summed E-state index contributed by atoms with van der Waals surface area (Å²) in [5, 5.41) is 0. The van der Waals surface area contributed by atoms with Crippen LogP contribution in [0.2, 0.25) is 0 Å². The van der Waals surface area contributed by atoms with E-state index in [1.807, 2.05) is 0 Å². The third-order valence-corrected chi connectivity index (χ3v) is 3.54. The standard InChI is InChI=1S/C8H9BrFNO2S/c1-2-14(12,13)11-8-6(9)4-3-5-7(8)10/h3-5,11H,2H2,1H3. The molecule has 3 nitrogen and oxygen atoms in total. The first kappa shape index (κ1) is 11.5. The van der Waals surface area contributed by atoms with E-state index in [-0.39, 0.29) is 11.4 Å². The summed E-state index contributed by atoms with van der Waals surface area (Å²) >= 11 is 3.06. The molecule has 0 radical (unpaired) electrons. The van der Waals surface area contributed by atoms with Crippen molar-refractivity contribution >= 4 is 31.6 Å². The van der Waals surface area contributed by atoms with Crippen molar-refractivity contribution in [2.24, 2.45) is 0 Å². The molecule has 0 fully saturated rings. The highest BCUT2D eigenvalue weighted by Crippen LogP contribution is 2.25. The maximum atomic E-state index is 13.2. The second-order valence-electron chi connectivity index (χ2n) is 2.60. The largest absolute Gasteiger partial charge is 0.279 e. The molecule has 0 atom stereocenters. The number of sulfonamides is 1. The van der Waals surface area contributed by atoms with E-state index in [1.54, 1.807) is 6.07 Å². The quantitative estimate of drug-likeness (QED) is 0.925.